The van der Waals surface area contributed by atoms with Gasteiger partial charge in [0.1, 0.15) is 5.75 Å². The molecule has 1 aromatic rings. The fourth-order valence-corrected chi connectivity index (χ4v) is 1.24. The topological polar surface area (TPSA) is 61.5 Å². The van der Waals surface area contributed by atoms with Crippen molar-refractivity contribution in [2.45, 2.75) is 20.0 Å². The molecule has 0 fully saturated rings. The first-order valence-electron chi connectivity index (χ1n) is 4.86. The van der Waals surface area contributed by atoms with Crippen LogP contribution in [-0.2, 0) is 9.53 Å². The molecular weight excluding hydrogens is 230 g/mol. The molecule has 0 saturated carbocycles. The Balaban J connectivity index is 2.54. The highest BCUT2D eigenvalue weighted by Crippen LogP contribution is 2.26. The minimum Gasteiger partial charge on any atom is -0.480 e. The van der Waals surface area contributed by atoms with Gasteiger partial charge in [0, 0.05) is 11.8 Å². The summed E-state index contributed by atoms with van der Waals surface area (Å²) in [5, 5.41) is 0.409. The number of carbonyl (C=O) groups is 1. The number of esters is 1. The van der Waals surface area contributed by atoms with Gasteiger partial charge in [-0.05, 0) is 26.0 Å². The summed E-state index contributed by atoms with van der Waals surface area (Å²) in [7, 11) is 0. The van der Waals surface area contributed by atoms with E-state index in [1.807, 2.05) is 0 Å². The lowest BCUT2D eigenvalue weighted by atomic mass is 10.3. The average molecular weight is 244 g/mol. The lowest BCUT2D eigenvalue weighted by molar-refractivity contribution is -0.149. The Kier molecular flexibility index (Phi) is 4.43. The molecule has 1 rings (SSSR count). The van der Waals surface area contributed by atoms with Crippen LogP contribution in [0.4, 0.5) is 5.69 Å². The number of anilines is 1. The monoisotopic (exact) mass is 243 g/mol. The standard InChI is InChI=1S/C11H14ClNO3/c1-7(2)16-11(14)6-15-10-5-8(13)3-4-9(10)12/h3-5,7H,6,13H2,1-2H3. The molecule has 0 aromatic heterocycles. The highest BCUT2D eigenvalue weighted by Gasteiger charge is 2.08. The van der Waals surface area contributed by atoms with Gasteiger partial charge in [0.25, 0.3) is 0 Å². The molecule has 0 amide bonds. The van der Waals surface area contributed by atoms with Gasteiger partial charge in [-0.2, -0.15) is 0 Å². The van der Waals surface area contributed by atoms with Gasteiger partial charge in [-0.3, -0.25) is 0 Å². The number of carbonyl (C=O) groups excluding carboxylic acids is 1. The minimum absolute atomic E-state index is 0.160. The Morgan fingerprint density at radius 1 is 1.50 bits per heavy atom. The number of hydrogen-bond donors (Lipinski definition) is 1. The quantitative estimate of drug-likeness (QED) is 0.651. The smallest absolute Gasteiger partial charge is 0.344 e. The van der Waals surface area contributed by atoms with E-state index in [1.165, 1.54) is 0 Å². The highest BCUT2D eigenvalue weighted by atomic mass is 35.5. The SMILES string of the molecule is CC(C)OC(=O)COc1cc(N)ccc1Cl. The van der Waals surface area contributed by atoms with Crippen LogP contribution >= 0.6 is 11.6 Å². The molecule has 0 bridgehead atoms. The molecule has 0 unspecified atom stereocenters. The lowest BCUT2D eigenvalue weighted by Crippen LogP contribution is -2.18. The number of nitrogens with two attached hydrogens (primary N) is 1. The Bertz CT molecular complexity index is 379. The zero-order valence-corrected chi connectivity index (χ0v) is 9.95. The molecule has 4 nitrogen and oxygen atoms in total. The largest absolute Gasteiger partial charge is 0.480 e. The van der Waals surface area contributed by atoms with E-state index < -0.39 is 5.97 Å². The Morgan fingerprint density at radius 3 is 2.81 bits per heavy atom. The predicted molar refractivity (Wildman–Crippen MR) is 62.6 cm³/mol. The van der Waals surface area contributed by atoms with E-state index in [0.29, 0.717) is 16.5 Å². The summed E-state index contributed by atoms with van der Waals surface area (Å²) >= 11 is 5.85. The molecule has 0 spiro atoms. The van der Waals surface area contributed by atoms with E-state index >= 15 is 0 Å². The predicted octanol–water partition coefficient (Wildman–Crippen LogP) is 2.25. The summed E-state index contributed by atoms with van der Waals surface area (Å²) < 4.78 is 10.1. The van der Waals surface area contributed by atoms with Crippen molar-refractivity contribution in [3.63, 3.8) is 0 Å². The number of hydrogen-bond acceptors (Lipinski definition) is 4. The van der Waals surface area contributed by atoms with Crippen molar-refractivity contribution in [3.05, 3.63) is 23.2 Å². The van der Waals surface area contributed by atoms with Gasteiger partial charge in [0.05, 0.1) is 11.1 Å². The molecule has 0 radical (unpaired) electrons. The molecular formula is C11H14ClNO3. The molecule has 5 heteroatoms. The zero-order valence-electron chi connectivity index (χ0n) is 9.20. The number of rotatable bonds is 4. The molecule has 88 valence electrons. The third kappa shape index (κ3) is 3.98. The Labute approximate surface area is 99.3 Å². The molecule has 0 aliphatic carbocycles. The second-order valence-electron chi connectivity index (χ2n) is 3.52. The third-order valence-corrected chi connectivity index (χ3v) is 1.98. The minimum atomic E-state index is -0.437. The first-order valence-corrected chi connectivity index (χ1v) is 5.24. The van der Waals surface area contributed by atoms with Crippen molar-refractivity contribution >= 4 is 23.3 Å². The Morgan fingerprint density at radius 2 is 2.19 bits per heavy atom. The number of nitrogen functional groups attached to an aromatic ring is 1. The number of halogens is 1. The number of ether oxygens (including phenoxy) is 2. The van der Waals surface area contributed by atoms with E-state index in [0.717, 1.165) is 0 Å². The van der Waals surface area contributed by atoms with Gasteiger partial charge >= 0.3 is 5.97 Å². The molecule has 2 N–H and O–H groups in total. The molecule has 0 saturated heterocycles. The lowest BCUT2D eigenvalue weighted by Gasteiger charge is -2.10. The van der Waals surface area contributed by atoms with Gasteiger partial charge in [-0.15, -0.1) is 0 Å². The van der Waals surface area contributed by atoms with E-state index in [1.54, 1.807) is 32.0 Å². The third-order valence-electron chi connectivity index (χ3n) is 1.67. The normalized spacial score (nSPS) is 10.2. The molecule has 0 aliphatic heterocycles. The van der Waals surface area contributed by atoms with Crippen LogP contribution in [0.25, 0.3) is 0 Å². The van der Waals surface area contributed by atoms with Crippen molar-refractivity contribution < 1.29 is 14.3 Å². The van der Waals surface area contributed by atoms with E-state index in [-0.39, 0.29) is 12.7 Å². The van der Waals surface area contributed by atoms with Crippen LogP contribution in [0.5, 0.6) is 5.75 Å². The van der Waals surface area contributed by atoms with Gasteiger partial charge in [0.15, 0.2) is 6.61 Å². The second kappa shape index (κ2) is 5.61. The van der Waals surface area contributed by atoms with Crippen LogP contribution in [0.2, 0.25) is 5.02 Å². The summed E-state index contributed by atoms with van der Waals surface area (Å²) in [5.74, 6) is -0.0594. The fraction of sp³-hybridized carbons (Fsp3) is 0.364. The Hall–Kier alpha value is -1.42. The van der Waals surface area contributed by atoms with Crippen LogP contribution in [0.3, 0.4) is 0 Å². The van der Waals surface area contributed by atoms with Crippen LogP contribution in [0, 0.1) is 0 Å². The molecule has 0 heterocycles. The van der Waals surface area contributed by atoms with Crippen molar-refractivity contribution in [2.75, 3.05) is 12.3 Å². The average Bonchev–Trinajstić information content (AvgIpc) is 2.18. The maximum absolute atomic E-state index is 11.2. The first-order chi connectivity index (χ1) is 7.49. The van der Waals surface area contributed by atoms with Crippen molar-refractivity contribution in [1.82, 2.24) is 0 Å². The fourth-order valence-electron chi connectivity index (χ4n) is 1.06. The van der Waals surface area contributed by atoms with E-state index in [9.17, 15) is 4.79 Å². The maximum atomic E-state index is 11.2. The molecule has 0 aliphatic rings. The summed E-state index contributed by atoms with van der Waals surface area (Å²) in [6.07, 6.45) is -0.160. The van der Waals surface area contributed by atoms with Crippen molar-refractivity contribution in [3.8, 4) is 5.75 Å². The van der Waals surface area contributed by atoms with Gasteiger partial charge in [0.2, 0.25) is 0 Å². The summed E-state index contributed by atoms with van der Waals surface area (Å²) in [5.41, 5.74) is 6.08. The number of benzene rings is 1. The van der Waals surface area contributed by atoms with Crippen molar-refractivity contribution in [1.29, 1.82) is 0 Å². The van der Waals surface area contributed by atoms with Gasteiger partial charge in [-0.1, -0.05) is 11.6 Å². The second-order valence-corrected chi connectivity index (χ2v) is 3.92. The maximum Gasteiger partial charge on any atom is 0.344 e. The van der Waals surface area contributed by atoms with Crippen LogP contribution in [-0.4, -0.2) is 18.7 Å². The molecule has 16 heavy (non-hydrogen) atoms. The summed E-state index contributed by atoms with van der Waals surface area (Å²) in [6.45, 7) is 3.36. The van der Waals surface area contributed by atoms with Crippen LogP contribution < -0.4 is 10.5 Å². The van der Waals surface area contributed by atoms with Crippen LogP contribution in [0.15, 0.2) is 18.2 Å². The summed E-state index contributed by atoms with van der Waals surface area (Å²) in [4.78, 5) is 11.2. The molecule has 1 aromatic carbocycles. The summed E-state index contributed by atoms with van der Waals surface area (Å²) in [6, 6.07) is 4.83. The van der Waals surface area contributed by atoms with Gasteiger partial charge in [-0.25, -0.2) is 4.79 Å². The van der Waals surface area contributed by atoms with Gasteiger partial charge < -0.3 is 15.2 Å². The molecule has 0 atom stereocenters. The van der Waals surface area contributed by atoms with Crippen molar-refractivity contribution in [2.24, 2.45) is 0 Å². The first kappa shape index (κ1) is 12.6. The van der Waals surface area contributed by atoms with E-state index in [4.69, 9.17) is 26.8 Å². The van der Waals surface area contributed by atoms with E-state index in [2.05, 4.69) is 0 Å². The van der Waals surface area contributed by atoms with Crippen LogP contribution in [0.1, 0.15) is 13.8 Å². The zero-order chi connectivity index (χ0) is 12.1. The highest BCUT2D eigenvalue weighted by molar-refractivity contribution is 6.32.